The zero-order chi connectivity index (χ0) is 14.9. The lowest BCUT2D eigenvalue weighted by Gasteiger charge is -2.43. The Labute approximate surface area is 118 Å². The van der Waals surface area contributed by atoms with Crippen molar-refractivity contribution in [1.29, 1.82) is 0 Å². The highest BCUT2D eigenvalue weighted by molar-refractivity contribution is 5.91. The van der Waals surface area contributed by atoms with Crippen molar-refractivity contribution in [2.75, 3.05) is 26.7 Å². The van der Waals surface area contributed by atoms with Gasteiger partial charge in [-0.25, -0.2) is 0 Å². The first-order valence-corrected chi connectivity index (χ1v) is 6.87. The Morgan fingerprint density at radius 2 is 1.90 bits per heavy atom. The number of likely N-dealkylation sites (tertiary alicyclic amines) is 2. The Hall–Kier alpha value is -1.85. The Balaban J connectivity index is 1.87. The van der Waals surface area contributed by atoms with Gasteiger partial charge < -0.3 is 15.1 Å². The van der Waals surface area contributed by atoms with Crippen molar-refractivity contribution in [3.05, 3.63) is 11.6 Å². The van der Waals surface area contributed by atoms with Crippen LogP contribution in [0.1, 0.15) is 20.3 Å². The minimum Gasteiger partial charge on any atom is -0.359 e. The number of nitrogens with zero attached hydrogens (tertiary/aromatic N) is 2. The van der Waals surface area contributed by atoms with E-state index in [9.17, 15) is 14.4 Å². The fourth-order valence-corrected chi connectivity index (χ4v) is 2.63. The summed E-state index contributed by atoms with van der Waals surface area (Å²) < 4.78 is 0. The van der Waals surface area contributed by atoms with Gasteiger partial charge in [0.1, 0.15) is 0 Å². The largest absolute Gasteiger partial charge is 0.359 e. The van der Waals surface area contributed by atoms with Crippen molar-refractivity contribution in [3.63, 3.8) is 0 Å². The van der Waals surface area contributed by atoms with Crippen LogP contribution in [0.25, 0.3) is 0 Å². The van der Waals surface area contributed by atoms with Crippen LogP contribution in [0.3, 0.4) is 0 Å². The van der Waals surface area contributed by atoms with E-state index in [-0.39, 0.29) is 36.1 Å². The Bertz CT molecular complexity index is 462. The molecular formula is C14H21N3O3. The SMILES string of the molecule is CNC(=O)C1CC(=O)N(C2CN(C(=O)C=C(C)C)C2)C1. The lowest BCUT2D eigenvalue weighted by atomic mass is 10.1. The van der Waals surface area contributed by atoms with Crippen molar-refractivity contribution in [1.82, 2.24) is 15.1 Å². The number of hydrogen-bond acceptors (Lipinski definition) is 3. The van der Waals surface area contributed by atoms with Crippen molar-refractivity contribution in [3.8, 4) is 0 Å². The Morgan fingerprint density at radius 3 is 2.45 bits per heavy atom. The number of carbonyl (C=O) groups is 3. The first-order valence-electron chi connectivity index (χ1n) is 6.87. The first kappa shape index (κ1) is 14.6. The summed E-state index contributed by atoms with van der Waals surface area (Å²) >= 11 is 0. The quantitative estimate of drug-likeness (QED) is 0.725. The maximum absolute atomic E-state index is 11.9. The van der Waals surface area contributed by atoms with Gasteiger partial charge in [-0.05, 0) is 13.8 Å². The van der Waals surface area contributed by atoms with E-state index in [0.717, 1.165) is 5.57 Å². The summed E-state index contributed by atoms with van der Waals surface area (Å²) in [7, 11) is 1.58. The average molecular weight is 279 g/mol. The molecule has 0 aliphatic carbocycles. The summed E-state index contributed by atoms with van der Waals surface area (Å²) in [5.74, 6) is -0.332. The molecule has 2 fully saturated rings. The van der Waals surface area contributed by atoms with E-state index >= 15 is 0 Å². The second-order valence-corrected chi connectivity index (χ2v) is 5.68. The Morgan fingerprint density at radius 1 is 1.25 bits per heavy atom. The molecular weight excluding hydrogens is 258 g/mol. The van der Waals surface area contributed by atoms with E-state index in [1.165, 1.54) is 0 Å². The number of allylic oxidation sites excluding steroid dienone is 1. The molecule has 2 rings (SSSR count). The van der Waals surface area contributed by atoms with Gasteiger partial charge in [0.15, 0.2) is 0 Å². The normalized spacial score (nSPS) is 22.6. The second-order valence-electron chi connectivity index (χ2n) is 5.68. The Kier molecular flexibility index (Phi) is 4.11. The topological polar surface area (TPSA) is 69.7 Å². The molecule has 2 saturated heterocycles. The molecule has 110 valence electrons. The highest BCUT2D eigenvalue weighted by Crippen LogP contribution is 2.25. The van der Waals surface area contributed by atoms with Crippen LogP contribution in [-0.2, 0) is 14.4 Å². The molecule has 0 radical (unpaired) electrons. The summed E-state index contributed by atoms with van der Waals surface area (Å²) in [5, 5.41) is 2.58. The van der Waals surface area contributed by atoms with Gasteiger partial charge >= 0.3 is 0 Å². The molecule has 1 unspecified atom stereocenters. The molecule has 1 N–H and O–H groups in total. The van der Waals surface area contributed by atoms with Gasteiger partial charge in [0.05, 0.1) is 12.0 Å². The smallest absolute Gasteiger partial charge is 0.246 e. The van der Waals surface area contributed by atoms with Crippen LogP contribution in [0.4, 0.5) is 0 Å². The number of nitrogens with one attached hydrogen (secondary N) is 1. The lowest BCUT2D eigenvalue weighted by molar-refractivity contribution is -0.141. The molecule has 0 saturated carbocycles. The zero-order valence-electron chi connectivity index (χ0n) is 12.2. The molecule has 3 amide bonds. The highest BCUT2D eigenvalue weighted by atomic mass is 16.2. The van der Waals surface area contributed by atoms with Gasteiger partial charge in [0, 0.05) is 39.2 Å². The van der Waals surface area contributed by atoms with Crippen molar-refractivity contribution < 1.29 is 14.4 Å². The number of amides is 3. The van der Waals surface area contributed by atoms with Crippen LogP contribution in [0, 0.1) is 5.92 Å². The van der Waals surface area contributed by atoms with Gasteiger partial charge in [-0.1, -0.05) is 5.57 Å². The highest BCUT2D eigenvalue weighted by Gasteiger charge is 2.42. The number of carbonyl (C=O) groups excluding carboxylic acids is 3. The first-order chi connectivity index (χ1) is 9.42. The third-order valence-electron chi connectivity index (χ3n) is 3.80. The van der Waals surface area contributed by atoms with Crippen molar-refractivity contribution in [2.45, 2.75) is 26.3 Å². The van der Waals surface area contributed by atoms with E-state index in [0.29, 0.717) is 19.6 Å². The van der Waals surface area contributed by atoms with Gasteiger partial charge in [0.25, 0.3) is 0 Å². The standard InChI is InChI=1S/C14H21N3O3/c1-9(2)4-12(18)16-7-11(8-16)17-6-10(5-13(17)19)14(20)15-3/h4,10-11H,5-8H2,1-3H3,(H,15,20). The summed E-state index contributed by atoms with van der Waals surface area (Å²) in [5.41, 5.74) is 0.968. The molecule has 2 aliphatic rings. The van der Waals surface area contributed by atoms with Gasteiger partial charge in [-0.15, -0.1) is 0 Å². The predicted molar refractivity (Wildman–Crippen MR) is 73.7 cm³/mol. The maximum Gasteiger partial charge on any atom is 0.246 e. The van der Waals surface area contributed by atoms with E-state index < -0.39 is 0 Å². The summed E-state index contributed by atoms with van der Waals surface area (Å²) in [6.45, 7) is 5.36. The molecule has 0 bridgehead atoms. The molecule has 0 aromatic heterocycles. The molecule has 1 atom stereocenters. The molecule has 6 heteroatoms. The lowest BCUT2D eigenvalue weighted by Crippen LogP contribution is -2.61. The fourth-order valence-electron chi connectivity index (χ4n) is 2.63. The molecule has 6 nitrogen and oxygen atoms in total. The summed E-state index contributed by atoms with van der Waals surface area (Å²) in [6, 6.07) is 0.0617. The number of rotatable bonds is 3. The molecule has 20 heavy (non-hydrogen) atoms. The van der Waals surface area contributed by atoms with Crippen LogP contribution >= 0.6 is 0 Å². The minimum atomic E-state index is -0.255. The minimum absolute atomic E-state index is 0.00394. The maximum atomic E-state index is 11.9. The van der Waals surface area contributed by atoms with Gasteiger partial charge in [-0.2, -0.15) is 0 Å². The number of hydrogen-bond donors (Lipinski definition) is 1. The molecule has 0 spiro atoms. The van der Waals surface area contributed by atoms with E-state index in [1.807, 2.05) is 13.8 Å². The van der Waals surface area contributed by atoms with E-state index in [4.69, 9.17) is 0 Å². The van der Waals surface area contributed by atoms with Gasteiger partial charge in [-0.3, -0.25) is 14.4 Å². The zero-order valence-corrected chi connectivity index (χ0v) is 12.2. The summed E-state index contributed by atoms with van der Waals surface area (Å²) in [4.78, 5) is 38.7. The van der Waals surface area contributed by atoms with Crippen LogP contribution in [-0.4, -0.2) is 60.2 Å². The van der Waals surface area contributed by atoms with E-state index in [2.05, 4.69) is 5.32 Å². The fraction of sp³-hybridized carbons (Fsp3) is 0.643. The van der Waals surface area contributed by atoms with Crippen LogP contribution in [0.15, 0.2) is 11.6 Å². The molecule has 0 aromatic carbocycles. The second kappa shape index (κ2) is 5.64. The van der Waals surface area contributed by atoms with Crippen LogP contribution in [0.2, 0.25) is 0 Å². The summed E-state index contributed by atoms with van der Waals surface area (Å²) in [6.07, 6.45) is 1.88. The molecule has 2 aliphatic heterocycles. The van der Waals surface area contributed by atoms with Crippen LogP contribution in [0.5, 0.6) is 0 Å². The van der Waals surface area contributed by atoms with Crippen LogP contribution < -0.4 is 5.32 Å². The predicted octanol–water partition coefficient (Wildman–Crippen LogP) is -0.242. The third kappa shape index (κ3) is 2.84. The van der Waals surface area contributed by atoms with Gasteiger partial charge in [0.2, 0.25) is 17.7 Å². The van der Waals surface area contributed by atoms with Crippen molar-refractivity contribution >= 4 is 17.7 Å². The average Bonchev–Trinajstić information content (AvgIpc) is 2.68. The van der Waals surface area contributed by atoms with E-state index in [1.54, 1.807) is 22.9 Å². The third-order valence-corrected chi connectivity index (χ3v) is 3.80. The molecule has 0 aromatic rings. The molecule has 2 heterocycles. The monoisotopic (exact) mass is 279 g/mol. The van der Waals surface area contributed by atoms with Crippen molar-refractivity contribution in [2.24, 2.45) is 5.92 Å².